The summed E-state index contributed by atoms with van der Waals surface area (Å²) in [4.78, 5) is 28.4. The lowest BCUT2D eigenvalue weighted by Gasteiger charge is -2.09. The van der Waals surface area contributed by atoms with Gasteiger partial charge in [0.15, 0.2) is 0 Å². The number of amides is 2. The summed E-state index contributed by atoms with van der Waals surface area (Å²) in [6.45, 7) is 4.48. The lowest BCUT2D eigenvalue weighted by atomic mass is 10.2. The highest BCUT2D eigenvalue weighted by atomic mass is 16.5. The minimum absolute atomic E-state index is 0.0844. The van der Waals surface area contributed by atoms with Crippen molar-refractivity contribution in [1.82, 2.24) is 9.55 Å². The van der Waals surface area contributed by atoms with Crippen LogP contribution in [-0.2, 0) is 16.1 Å². The molecule has 2 aromatic carbocycles. The number of aromatic nitrogens is 2. The number of aryl methyl sites for hydroxylation is 1. The predicted octanol–water partition coefficient (Wildman–Crippen LogP) is 4.35. The molecule has 0 aliphatic heterocycles. The number of rotatable bonds is 9. The third-order valence-electron chi connectivity index (χ3n) is 4.23. The van der Waals surface area contributed by atoms with Gasteiger partial charge in [-0.05, 0) is 55.8 Å². The van der Waals surface area contributed by atoms with Gasteiger partial charge in [-0.25, -0.2) is 4.98 Å². The van der Waals surface area contributed by atoms with Crippen molar-refractivity contribution in [2.24, 2.45) is 0 Å². The maximum atomic E-state index is 12.3. The highest BCUT2D eigenvalue weighted by Gasteiger charge is 2.05. The Labute approximate surface area is 181 Å². The fraction of sp³-hybridized carbons (Fsp3) is 0.208. The van der Waals surface area contributed by atoms with E-state index in [1.165, 1.54) is 6.08 Å². The zero-order valence-electron chi connectivity index (χ0n) is 17.6. The van der Waals surface area contributed by atoms with Crippen LogP contribution in [0.3, 0.4) is 0 Å². The van der Waals surface area contributed by atoms with Gasteiger partial charge in [0.2, 0.25) is 11.8 Å². The van der Waals surface area contributed by atoms with Gasteiger partial charge in [0.1, 0.15) is 5.75 Å². The molecule has 0 fully saturated rings. The predicted molar refractivity (Wildman–Crippen MR) is 122 cm³/mol. The van der Waals surface area contributed by atoms with Crippen molar-refractivity contribution < 1.29 is 14.3 Å². The van der Waals surface area contributed by atoms with Crippen molar-refractivity contribution in [3.63, 3.8) is 0 Å². The third-order valence-corrected chi connectivity index (χ3v) is 4.23. The van der Waals surface area contributed by atoms with E-state index < -0.39 is 0 Å². The van der Waals surface area contributed by atoms with Crippen molar-refractivity contribution in [3.8, 4) is 5.75 Å². The van der Waals surface area contributed by atoms with E-state index in [1.807, 2.05) is 48.9 Å². The molecular weight excluding hydrogens is 392 g/mol. The Kier molecular flexibility index (Phi) is 7.59. The number of carbonyl (C=O) groups excluding carboxylic acids is 2. The first-order chi connectivity index (χ1) is 15.0. The molecule has 0 radical (unpaired) electrons. The van der Waals surface area contributed by atoms with Gasteiger partial charge < -0.3 is 19.9 Å². The van der Waals surface area contributed by atoms with E-state index in [4.69, 9.17) is 4.74 Å². The van der Waals surface area contributed by atoms with Crippen LogP contribution in [0.1, 0.15) is 25.8 Å². The van der Waals surface area contributed by atoms with E-state index in [9.17, 15) is 9.59 Å². The third kappa shape index (κ3) is 7.47. The van der Waals surface area contributed by atoms with E-state index in [0.29, 0.717) is 24.3 Å². The van der Waals surface area contributed by atoms with Gasteiger partial charge in [-0.3, -0.25) is 9.59 Å². The first-order valence-corrected chi connectivity index (χ1v) is 10.1. The summed E-state index contributed by atoms with van der Waals surface area (Å²) in [7, 11) is 0. The molecule has 0 unspecified atom stereocenters. The summed E-state index contributed by atoms with van der Waals surface area (Å²) in [6, 6.07) is 14.6. The Morgan fingerprint density at radius 2 is 1.87 bits per heavy atom. The van der Waals surface area contributed by atoms with Gasteiger partial charge in [-0.2, -0.15) is 0 Å². The summed E-state index contributed by atoms with van der Waals surface area (Å²) >= 11 is 0. The van der Waals surface area contributed by atoms with E-state index in [1.54, 1.807) is 42.9 Å². The molecule has 31 heavy (non-hydrogen) atoms. The summed E-state index contributed by atoms with van der Waals surface area (Å²) in [5, 5.41) is 5.65. The van der Waals surface area contributed by atoms with E-state index in [2.05, 4.69) is 15.6 Å². The number of carbonyl (C=O) groups is 2. The molecule has 160 valence electrons. The number of hydrogen-bond acceptors (Lipinski definition) is 4. The Morgan fingerprint density at radius 1 is 1.10 bits per heavy atom. The molecule has 2 N–H and O–H groups in total. The number of benzene rings is 2. The van der Waals surface area contributed by atoms with Gasteiger partial charge in [0.25, 0.3) is 0 Å². The Bertz CT molecular complexity index is 1040. The molecule has 1 heterocycles. The number of hydrogen-bond donors (Lipinski definition) is 2. The quantitative estimate of drug-likeness (QED) is 0.506. The molecule has 0 bridgehead atoms. The van der Waals surface area contributed by atoms with Gasteiger partial charge in [-0.15, -0.1) is 0 Å². The largest absolute Gasteiger partial charge is 0.491 e. The maximum Gasteiger partial charge on any atom is 0.248 e. The molecule has 0 atom stereocenters. The van der Waals surface area contributed by atoms with E-state index in [0.717, 1.165) is 11.3 Å². The standard InChI is InChI=1S/C24H26N4O3/c1-18(2)31-22-8-3-5-19(15-22)9-10-23(29)26-20-6-4-7-21(16-20)27-24(30)11-13-28-14-12-25-17-28/h3-10,12,14-18H,11,13H2,1-2H3,(H,26,29)(H,27,30)/b10-9+. The Hall–Kier alpha value is -3.87. The lowest BCUT2D eigenvalue weighted by molar-refractivity contribution is -0.116. The minimum Gasteiger partial charge on any atom is -0.491 e. The smallest absolute Gasteiger partial charge is 0.248 e. The maximum absolute atomic E-state index is 12.3. The fourth-order valence-corrected chi connectivity index (χ4v) is 2.87. The minimum atomic E-state index is -0.265. The monoisotopic (exact) mass is 418 g/mol. The van der Waals surface area contributed by atoms with E-state index in [-0.39, 0.29) is 17.9 Å². The van der Waals surface area contributed by atoms with Crippen molar-refractivity contribution >= 4 is 29.3 Å². The molecule has 0 spiro atoms. The molecule has 1 aromatic heterocycles. The van der Waals surface area contributed by atoms with Crippen LogP contribution in [0.25, 0.3) is 6.08 Å². The normalized spacial score (nSPS) is 10.9. The number of nitrogens with zero attached hydrogens (tertiary/aromatic N) is 2. The molecule has 0 aliphatic carbocycles. The SMILES string of the molecule is CC(C)Oc1cccc(/C=C/C(=O)Nc2cccc(NC(=O)CCn3ccnc3)c2)c1. The van der Waals surface area contributed by atoms with Gasteiger partial charge in [0, 0.05) is 42.8 Å². The summed E-state index contributed by atoms with van der Waals surface area (Å²) in [5.41, 5.74) is 2.09. The fourth-order valence-electron chi connectivity index (χ4n) is 2.87. The van der Waals surface area contributed by atoms with Crippen molar-refractivity contribution in [2.75, 3.05) is 10.6 Å². The van der Waals surface area contributed by atoms with Gasteiger partial charge >= 0.3 is 0 Å². The van der Waals surface area contributed by atoms with Gasteiger partial charge in [0.05, 0.1) is 12.4 Å². The first kappa shape index (κ1) is 21.8. The molecule has 3 rings (SSSR count). The molecule has 7 nitrogen and oxygen atoms in total. The zero-order chi connectivity index (χ0) is 22.1. The second-order valence-corrected chi connectivity index (χ2v) is 7.24. The number of anilines is 2. The van der Waals surface area contributed by atoms with Crippen molar-refractivity contribution in [3.05, 3.63) is 78.9 Å². The molecule has 0 saturated carbocycles. The van der Waals surface area contributed by atoms with Crippen LogP contribution >= 0.6 is 0 Å². The van der Waals surface area contributed by atoms with E-state index >= 15 is 0 Å². The topological polar surface area (TPSA) is 85.3 Å². The summed E-state index contributed by atoms with van der Waals surface area (Å²) in [5.74, 6) is 0.383. The van der Waals surface area contributed by atoms with Crippen molar-refractivity contribution in [2.45, 2.75) is 32.9 Å². The average molecular weight is 418 g/mol. The molecule has 3 aromatic rings. The van der Waals surface area contributed by atoms with Crippen LogP contribution in [-0.4, -0.2) is 27.5 Å². The molecule has 2 amide bonds. The first-order valence-electron chi connectivity index (χ1n) is 10.1. The highest BCUT2D eigenvalue weighted by Crippen LogP contribution is 2.17. The molecule has 0 aliphatic rings. The summed E-state index contributed by atoms with van der Waals surface area (Å²) in [6.07, 6.45) is 8.76. The van der Waals surface area contributed by atoms with Crippen LogP contribution in [0, 0.1) is 0 Å². The number of nitrogens with one attached hydrogen (secondary N) is 2. The second-order valence-electron chi connectivity index (χ2n) is 7.24. The van der Waals surface area contributed by atoms with Crippen LogP contribution in [0.15, 0.2) is 73.3 Å². The second kappa shape index (κ2) is 10.8. The van der Waals surface area contributed by atoms with Crippen molar-refractivity contribution in [1.29, 1.82) is 0 Å². The molecule has 7 heteroatoms. The molecular formula is C24H26N4O3. The average Bonchev–Trinajstić information content (AvgIpc) is 3.25. The summed E-state index contributed by atoms with van der Waals surface area (Å²) < 4.78 is 7.51. The lowest BCUT2D eigenvalue weighted by Crippen LogP contribution is -2.14. The zero-order valence-corrected chi connectivity index (χ0v) is 17.6. The molecule has 0 saturated heterocycles. The van der Waals surface area contributed by atoms with Crippen LogP contribution < -0.4 is 15.4 Å². The Balaban J connectivity index is 1.53. The number of ether oxygens (including phenoxy) is 1. The van der Waals surface area contributed by atoms with Crippen LogP contribution in [0.2, 0.25) is 0 Å². The van der Waals surface area contributed by atoms with Gasteiger partial charge in [-0.1, -0.05) is 18.2 Å². The Morgan fingerprint density at radius 3 is 2.61 bits per heavy atom. The van der Waals surface area contributed by atoms with Crippen LogP contribution in [0.5, 0.6) is 5.75 Å². The number of imidazole rings is 1. The van der Waals surface area contributed by atoms with Crippen LogP contribution in [0.4, 0.5) is 11.4 Å². The highest BCUT2D eigenvalue weighted by molar-refractivity contribution is 6.02.